The number of carbonyl (C=O) groups is 1. The topological polar surface area (TPSA) is 101 Å². The molecular formula is C11H17N3O3S. The first-order chi connectivity index (χ1) is 8.49. The minimum Gasteiger partial charge on any atom is -0.359 e. The van der Waals surface area contributed by atoms with E-state index in [1.165, 1.54) is 19.2 Å². The van der Waals surface area contributed by atoms with Crippen molar-refractivity contribution in [3.63, 3.8) is 0 Å². The van der Waals surface area contributed by atoms with Gasteiger partial charge >= 0.3 is 0 Å². The Morgan fingerprint density at radius 2 is 1.89 bits per heavy atom. The number of carbonyl (C=O) groups excluding carboxylic acids is 1. The van der Waals surface area contributed by atoms with Crippen molar-refractivity contribution in [2.45, 2.75) is 17.9 Å². The van der Waals surface area contributed by atoms with E-state index < -0.39 is 10.0 Å². The van der Waals surface area contributed by atoms with Crippen molar-refractivity contribution in [2.24, 2.45) is 5.73 Å². The molecule has 0 atom stereocenters. The summed E-state index contributed by atoms with van der Waals surface area (Å²) in [4.78, 5) is 11.1. The SMILES string of the molecule is CNC(=O)CCNS(=O)(=O)c1ccc(CN)cc1. The Kier molecular flexibility index (Phi) is 5.26. The Labute approximate surface area is 107 Å². The average Bonchev–Trinajstić information content (AvgIpc) is 2.38. The van der Waals surface area contributed by atoms with E-state index in [-0.39, 0.29) is 23.8 Å². The van der Waals surface area contributed by atoms with E-state index in [0.717, 1.165) is 5.56 Å². The van der Waals surface area contributed by atoms with Gasteiger partial charge in [-0.25, -0.2) is 13.1 Å². The lowest BCUT2D eigenvalue weighted by molar-refractivity contribution is -0.120. The number of sulfonamides is 1. The maximum atomic E-state index is 11.8. The van der Waals surface area contributed by atoms with E-state index in [0.29, 0.717) is 6.54 Å². The van der Waals surface area contributed by atoms with Crippen LogP contribution in [0.3, 0.4) is 0 Å². The van der Waals surface area contributed by atoms with Crippen LogP contribution in [0.4, 0.5) is 0 Å². The molecule has 0 unspecified atom stereocenters. The van der Waals surface area contributed by atoms with Gasteiger partial charge in [-0.1, -0.05) is 12.1 Å². The first kappa shape index (κ1) is 14.6. The molecule has 1 aromatic rings. The van der Waals surface area contributed by atoms with Gasteiger partial charge in [-0.15, -0.1) is 0 Å². The van der Waals surface area contributed by atoms with Gasteiger partial charge in [0.25, 0.3) is 0 Å². The predicted molar refractivity (Wildman–Crippen MR) is 68.2 cm³/mol. The van der Waals surface area contributed by atoms with Crippen molar-refractivity contribution in [1.29, 1.82) is 0 Å². The molecule has 7 heteroatoms. The number of nitrogens with one attached hydrogen (secondary N) is 2. The Bertz CT molecular complexity index is 497. The molecule has 1 rings (SSSR count). The van der Waals surface area contributed by atoms with Crippen LogP contribution in [0.15, 0.2) is 29.2 Å². The van der Waals surface area contributed by atoms with E-state index in [9.17, 15) is 13.2 Å². The molecule has 4 N–H and O–H groups in total. The summed E-state index contributed by atoms with van der Waals surface area (Å²) in [5, 5.41) is 2.42. The minimum absolute atomic E-state index is 0.0701. The van der Waals surface area contributed by atoms with Crippen LogP contribution in [0, 0.1) is 0 Å². The summed E-state index contributed by atoms with van der Waals surface area (Å²) < 4.78 is 26.0. The van der Waals surface area contributed by atoms with Crippen LogP contribution in [-0.2, 0) is 21.4 Å². The lowest BCUT2D eigenvalue weighted by atomic mass is 10.2. The number of nitrogens with two attached hydrogens (primary N) is 1. The fourth-order valence-electron chi connectivity index (χ4n) is 1.31. The van der Waals surface area contributed by atoms with E-state index in [1.54, 1.807) is 12.1 Å². The summed E-state index contributed by atoms with van der Waals surface area (Å²) in [7, 11) is -2.06. The number of rotatable bonds is 6. The first-order valence-electron chi connectivity index (χ1n) is 5.49. The van der Waals surface area contributed by atoms with Gasteiger partial charge in [0.05, 0.1) is 4.90 Å². The quantitative estimate of drug-likeness (QED) is 0.653. The molecule has 0 saturated heterocycles. The summed E-state index contributed by atoms with van der Waals surface area (Å²) in [5.74, 6) is -0.212. The van der Waals surface area contributed by atoms with Gasteiger partial charge in [0.1, 0.15) is 0 Å². The molecule has 6 nitrogen and oxygen atoms in total. The molecule has 1 aromatic carbocycles. The van der Waals surface area contributed by atoms with Gasteiger partial charge in [-0.3, -0.25) is 4.79 Å². The van der Waals surface area contributed by atoms with Gasteiger partial charge in [0, 0.05) is 26.6 Å². The molecule has 0 aliphatic carbocycles. The van der Waals surface area contributed by atoms with Crippen molar-refractivity contribution < 1.29 is 13.2 Å². The van der Waals surface area contributed by atoms with E-state index in [4.69, 9.17) is 5.73 Å². The molecule has 100 valence electrons. The fourth-order valence-corrected chi connectivity index (χ4v) is 2.34. The molecule has 0 saturated carbocycles. The molecule has 0 radical (unpaired) electrons. The van der Waals surface area contributed by atoms with Crippen molar-refractivity contribution >= 4 is 15.9 Å². The number of benzene rings is 1. The molecule has 0 heterocycles. The monoisotopic (exact) mass is 271 g/mol. The maximum Gasteiger partial charge on any atom is 0.240 e. The molecule has 0 aromatic heterocycles. The van der Waals surface area contributed by atoms with Crippen LogP contribution in [-0.4, -0.2) is 27.9 Å². The van der Waals surface area contributed by atoms with Gasteiger partial charge < -0.3 is 11.1 Å². The van der Waals surface area contributed by atoms with E-state index in [1.807, 2.05) is 0 Å². The highest BCUT2D eigenvalue weighted by Gasteiger charge is 2.13. The molecule has 0 fully saturated rings. The first-order valence-corrected chi connectivity index (χ1v) is 6.97. The molecular weight excluding hydrogens is 254 g/mol. The Hall–Kier alpha value is -1.44. The third-order valence-corrected chi connectivity index (χ3v) is 3.87. The van der Waals surface area contributed by atoms with Crippen LogP contribution >= 0.6 is 0 Å². The van der Waals surface area contributed by atoms with Crippen LogP contribution < -0.4 is 15.8 Å². The van der Waals surface area contributed by atoms with Crippen LogP contribution in [0.5, 0.6) is 0 Å². The lowest BCUT2D eigenvalue weighted by Gasteiger charge is -2.06. The molecule has 1 amide bonds. The van der Waals surface area contributed by atoms with Crippen LogP contribution in [0.25, 0.3) is 0 Å². The van der Waals surface area contributed by atoms with Crippen molar-refractivity contribution in [1.82, 2.24) is 10.0 Å². The smallest absolute Gasteiger partial charge is 0.240 e. The summed E-state index contributed by atoms with van der Waals surface area (Å²) in [6.07, 6.45) is 0.108. The summed E-state index contributed by atoms with van der Waals surface area (Å²) >= 11 is 0. The van der Waals surface area contributed by atoms with Crippen LogP contribution in [0.2, 0.25) is 0 Å². The molecule has 0 aliphatic rings. The Morgan fingerprint density at radius 1 is 1.28 bits per heavy atom. The molecule has 18 heavy (non-hydrogen) atoms. The second-order valence-electron chi connectivity index (χ2n) is 3.67. The summed E-state index contributed by atoms with van der Waals surface area (Å²) in [6.45, 7) is 0.436. The molecule has 0 spiro atoms. The van der Waals surface area contributed by atoms with Gasteiger partial charge in [-0.2, -0.15) is 0 Å². The Morgan fingerprint density at radius 3 is 2.39 bits per heavy atom. The third kappa shape index (κ3) is 4.10. The number of hydrogen-bond acceptors (Lipinski definition) is 4. The van der Waals surface area contributed by atoms with Crippen LogP contribution in [0.1, 0.15) is 12.0 Å². The van der Waals surface area contributed by atoms with Crippen molar-refractivity contribution in [2.75, 3.05) is 13.6 Å². The highest BCUT2D eigenvalue weighted by atomic mass is 32.2. The van der Waals surface area contributed by atoms with Crippen molar-refractivity contribution in [3.05, 3.63) is 29.8 Å². The van der Waals surface area contributed by atoms with Gasteiger partial charge in [0.2, 0.25) is 15.9 Å². The van der Waals surface area contributed by atoms with E-state index in [2.05, 4.69) is 10.0 Å². The largest absolute Gasteiger partial charge is 0.359 e. The lowest BCUT2D eigenvalue weighted by Crippen LogP contribution is -2.29. The normalized spacial score (nSPS) is 11.2. The van der Waals surface area contributed by atoms with E-state index >= 15 is 0 Å². The zero-order valence-corrected chi connectivity index (χ0v) is 11.0. The predicted octanol–water partition coefficient (Wildman–Crippen LogP) is -0.440. The third-order valence-electron chi connectivity index (χ3n) is 2.39. The molecule has 0 aliphatic heterocycles. The highest BCUT2D eigenvalue weighted by molar-refractivity contribution is 7.89. The maximum absolute atomic E-state index is 11.8. The second-order valence-corrected chi connectivity index (χ2v) is 5.44. The second kappa shape index (κ2) is 6.48. The molecule has 0 bridgehead atoms. The number of amides is 1. The summed E-state index contributed by atoms with van der Waals surface area (Å²) in [5.41, 5.74) is 6.29. The summed E-state index contributed by atoms with van der Waals surface area (Å²) in [6, 6.07) is 6.30. The highest BCUT2D eigenvalue weighted by Crippen LogP contribution is 2.09. The zero-order valence-electron chi connectivity index (χ0n) is 10.1. The van der Waals surface area contributed by atoms with Gasteiger partial charge in [0.15, 0.2) is 0 Å². The van der Waals surface area contributed by atoms with Gasteiger partial charge in [-0.05, 0) is 17.7 Å². The zero-order chi connectivity index (χ0) is 13.6. The Balaban J connectivity index is 2.65. The standard InChI is InChI=1S/C11H17N3O3S/c1-13-11(15)6-7-14-18(16,17)10-4-2-9(8-12)3-5-10/h2-5,14H,6-8,12H2,1H3,(H,13,15). The fraction of sp³-hybridized carbons (Fsp3) is 0.364. The van der Waals surface area contributed by atoms with Crippen molar-refractivity contribution in [3.8, 4) is 0 Å². The average molecular weight is 271 g/mol. The number of hydrogen-bond donors (Lipinski definition) is 3. The minimum atomic E-state index is -3.56.